The minimum absolute atomic E-state index is 0.0187. The second-order valence-corrected chi connectivity index (χ2v) is 6.78. The molecule has 2 unspecified atom stereocenters. The van der Waals surface area contributed by atoms with Crippen molar-refractivity contribution in [2.24, 2.45) is 11.8 Å². The topological polar surface area (TPSA) is 121 Å². The van der Waals surface area contributed by atoms with Gasteiger partial charge in [-0.05, 0) is 30.9 Å². The van der Waals surface area contributed by atoms with Crippen LogP contribution in [0.4, 0.5) is 26.4 Å². The number of nitrogen functional groups attached to an aromatic ring is 1. The van der Waals surface area contributed by atoms with Crippen LogP contribution in [0.5, 0.6) is 0 Å². The number of ether oxygens (including phenoxy) is 1. The fourth-order valence-corrected chi connectivity index (χ4v) is 3.22. The molecule has 0 spiro atoms. The van der Waals surface area contributed by atoms with Crippen LogP contribution in [0.15, 0.2) is 18.3 Å². The maximum atomic E-state index is 14.7. The molecule has 2 fully saturated rings. The second-order valence-electron chi connectivity index (χ2n) is 6.78. The lowest BCUT2D eigenvalue weighted by atomic mass is 10.1. The number of halogens is 1. The summed E-state index contributed by atoms with van der Waals surface area (Å²) in [5.41, 5.74) is 5.79. The first-order valence-corrected chi connectivity index (χ1v) is 8.45. The number of carbonyl (C=O) groups is 2. The SMILES string of the molecule is C[C@H]1COC(=O)N1c1cc2cc(NC(=O)C3CC3C#N)ncc2c(N)c1F. The van der Waals surface area contributed by atoms with Gasteiger partial charge in [0.2, 0.25) is 5.91 Å². The Labute approximate surface area is 153 Å². The van der Waals surface area contributed by atoms with E-state index >= 15 is 0 Å². The molecule has 3 N–H and O–H groups in total. The molecule has 9 heteroatoms. The van der Waals surface area contributed by atoms with Gasteiger partial charge in [0.15, 0.2) is 5.82 Å². The molecule has 138 valence electrons. The number of carbonyl (C=O) groups excluding carboxylic acids is 2. The number of nitrogens with two attached hydrogens (primary N) is 1. The first kappa shape index (κ1) is 17.0. The number of pyridine rings is 1. The highest BCUT2D eigenvalue weighted by molar-refractivity contribution is 6.02. The Morgan fingerprint density at radius 2 is 2.30 bits per heavy atom. The monoisotopic (exact) mass is 369 g/mol. The molecule has 1 aliphatic carbocycles. The van der Waals surface area contributed by atoms with Crippen LogP contribution in [-0.2, 0) is 9.53 Å². The van der Waals surface area contributed by atoms with Gasteiger partial charge >= 0.3 is 6.09 Å². The maximum absolute atomic E-state index is 14.7. The van der Waals surface area contributed by atoms with Crippen LogP contribution < -0.4 is 16.0 Å². The Bertz CT molecular complexity index is 1020. The van der Waals surface area contributed by atoms with Gasteiger partial charge in [-0.3, -0.25) is 9.69 Å². The number of amides is 2. The first-order chi connectivity index (χ1) is 12.9. The van der Waals surface area contributed by atoms with Crippen molar-refractivity contribution < 1.29 is 18.7 Å². The van der Waals surface area contributed by atoms with E-state index in [9.17, 15) is 14.0 Å². The molecule has 1 aliphatic heterocycles. The molecule has 1 saturated heterocycles. The number of nitrogens with zero attached hydrogens (tertiary/aromatic N) is 3. The van der Waals surface area contributed by atoms with Crippen LogP contribution >= 0.6 is 0 Å². The van der Waals surface area contributed by atoms with Crippen LogP contribution in [0.1, 0.15) is 13.3 Å². The van der Waals surface area contributed by atoms with E-state index in [1.54, 1.807) is 13.0 Å². The fraction of sp³-hybridized carbons (Fsp3) is 0.333. The average molecular weight is 369 g/mol. The quantitative estimate of drug-likeness (QED) is 0.801. The van der Waals surface area contributed by atoms with E-state index in [1.807, 2.05) is 0 Å². The summed E-state index contributed by atoms with van der Waals surface area (Å²) >= 11 is 0. The minimum atomic E-state index is -0.721. The van der Waals surface area contributed by atoms with Gasteiger partial charge in [0, 0.05) is 11.6 Å². The van der Waals surface area contributed by atoms with E-state index in [0.717, 1.165) is 0 Å². The summed E-state index contributed by atoms with van der Waals surface area (Å²) < 4.78 is 19.7. The third-order valence-corrected chi connectivity index (χ3v) is 4.87. The smallest absolute Gasteiger partial charge is 0.414 e. The molecule has 8 nitrogen and oxygen atoms in total. The average Bonchev–Trinajstić information content (AvgIpc) is 3.37. The third-order valence-electron chi connectivity index (χ3n) is 4.87. The number of nitriles is 1. The van der Waals surface area contributed by atoms with E-state index in [4.69, 9.17) is 15.7 Å². The molecule has 27 heavy (non-hydrogen) atoms. The Morgan fingerprint density at radius 1 is 1.52 bits per heavy atom. The van der Waals surface area contributed by atoms with Crippen LogP contribution in [0.25, 0.3) is 10.8 Å². The van der Waals surface area contributed by atoms with Crippen molar-refractivity contribution in [3.63, 3.8) is 0 Å². The lowest BCUT2D eigenvalue weighted by Crippen LogP contribution is -2.31. The van der Waals surface area contributed by atoms with E-state index in [1.165, 1.54) is 17.2 Å². The van der Waals surface area contributed by atoms with E-state index in [2.05, 4.69) is 16.4 Å². The number of anilines is 3. The molecular weight excluding hydrogens is 353 g/mol. The molecular formula is C18H16FN5O3. The summed E-state index contributed by atoms with van der Waals surface area (Å²) in [6.07, 6.45) is 1.26. The third kappa shape index (κ3) is 2.79. The summed E-state index contributed by atoms with van der Waals surface area (Å²) in [5.74, 6) is -1.32. The Balaban J connectivity index is 1.70. The number of benzene rings is 1. The first-order valence-electron chi connectivity index (χ1n) is 8.45. The molecule has 2 heterocycles. The number of fused-ring (bicyclic) bond motifs is 1. The molecule has 1 aromatic heterocycles. The van der Waals surface area contributed by atoms with Crippen molar-refractivity contribution in [1.82, 2.24) is 4.98 Å². The number of nitrogens with one attached hydrogen (secondary N) is 1. The van der Waals surface area contributed by atoms with Gasteiger partial charge in [-0.2, -0.15) is 5.26 Å². The van der Waals surface area contributed by atoms with Crippen molar-refractivity contribution >= 4 is 40.0 Å². The standard InChI is InChI=1S/C18H16FN5O3/c1-8-7-27-18(26)24(8)13-3-9-4-14(22-6-12(9)16(21)15(13)19)23-17(25)11-2-10(11)5-20/h3-4,6,8,10-11H,2,7,21H2,1H3,(H,22,23,25)/t8-,10?,11?/m0/s1. The molecule has 2 aliphatic rings. The molecule has 0 radical (unpaired) electrons. The maximum Gasteiger partial charge on any atom is 0.414 e. The van der Waals surface area contributed by atoms with Crippen LogP contribution in [0.2, 0.25) is 0 Å². The molecule has 2 aromatic rings. The number of cyclic esters (lactones) is 1. The van der Waals surface area contributed by atoms with Crippen LogP contribution in [-0.4, -0.2) is 29.6 Å². The second kappa shape index (κ2) is 6.09. The highest BCUT2D eigenvalue weighted by Gasteiger charge is 2.43. The summed E-state index contributed by atoms with van der Waals surface area (Å²) in [5, 5.41) is 12.4. The zero-order valence-electron chi connectivity index (χ0n) is 14.4. The van der Waals surface area contributed by atoms with E-state index in [-0.39, 0.29) is 47.6 Å². The van der Waals surface area contributed by atoms with Gasteiger partial charge in [-0.15, -0.1) is 0 Å². The predicted molar refractivity (Wildman–Crippen MR) is 95.2 cm³/mol. The highest BCUT2D eigenvalue weighted by atomic mass is 19.1. The summed E-state index contributed by atoms with van der Waals surface area (Å²) in [7, 11) is 0. The number of rotatable bonds is 3. The van der Waals surface area contributed by atoms with Gasteiger partial charge in [0.05, 0.1) is 35.3 Å². The van der Waals surface area contributed by atoms with Crippen molar-refractivity contribution in [1.29, 1.82) is 5.26 Å². The predicted octanol–water partition coefficient (Wildman–Crippen LogP) is 2.40. The van der Waals surface area contributed by atoms with Gasteiger partial charge in [0.25, 0.3) is 0 Å². The van der Waals surface area contributed by atoms with Crippen LogP contribution in [0.3, 0.4) is 0 Å². The van der Waals surface area contributed by atoms with Gasteiger partial charge in [0.1, 0.15) is 12.4 Å². The number of aromatic nitrogens is 1. The Hall–Kier alpha value is -3.41. The number of hydrogen-bond acceptors (Lipinski definition) is 6. The van der Waals surface area contributed by atoms with Gasteiger partial charge in [-0.25, -0.2) is 14.2 Å². The van der Waals surface area contributed by atoms with Gasteiger partial charge < -0.3 is 15.8 Å². The van der Waals surface area contributed by atoms with Crippen molar-refractivity contribution in [2.75, 3.05) is 22.6 Å². The summed E-state index contributed by atoms with van der Waals surface area (Å²) in [4.78, 5) is 29.4. The molecule has 2 amide bonds. The summed E-state index contributed by atoms with van der Waals surface area (Å²) in [6.45, 7) is 1.90. The minimum Gasteiger partial charge on any atom is -0.447 e. The van der Waals surface area contributed by atoms with E-state index < -0.39 is 11.9 Å². The molecule has 0 bridgehead atoms. The van der Waals surface area contributed by atoms with Crippen molar-refractivity contribution in [3.8, 4) is 6.07 Å². The fourth-order valence-electron chi connectivity index (χ4n) is 3.22. The zero-order valence-corrected chi connectivity index (χ0v) is 14.4. The molecule has 1 aromatic carbocycles. The Morgan fingerprint density at radius 3 is 2.93 bits per heavy atom. The molecule has 1 saturated carbocycles. The number of hydrogen-bond donors (Lipinski definition) is 2. The summed E-state index contributed by atoms with van der Waals surface area (Å²) in [6, 6.07) is 4.77. The lowest BCUT2D eigenvalue weighted by molar-refractivity contribution is -0.117. The zero-order chi connectivity index (χ0) is 19.3. The van der Waals surface area contributed by atoms with Crippen molar-refractivity contribution in [2.45, 2.75) is 19.4 Å². The Kier molecular flexibility index (Phi) is 3.84. The van der Waals surface area contributed by atoms with E-state index in [0.29, 0.717) is 17.2 Å². The molecule has 4 rings (SSSR count). The largest absolute Gasteiger partial charge is 0.447 e. The highest BCUT2D eigenvalue weighted by Crippen LogP contribution is 2.39. The molecule has 3 atom stereocenters. The van der Waals surface area contributed by atoms with Gasteiger partial charge in [-0.1, -0.05) is 0 Å². The van der Waals surface area contributed by atoms with Crippen LogP contribution in [0, 0.1) is 29.0 Å². The van der Waals surface area contributed by atoms with Crippen molar-refractivity contribution in [3.05, 3.63) is 24.1 Å². The lowest BCUT2D eigenvalue weighted by Gasteiger charge is -2.20. The normalized spacial score (nSPS) is 23.8.